The maximum absolute atomic E-state index is 12.9. The van der Waals surface area contributed by atoms with Gasteiger partial charge in [0.1, 0.15) is 12.4 Å². The van der Waals surface area contributed by atoms with Gasteiger partial charge in [-0.1, -0.05) is 30.7 Å². The van der Waals surface area contributed by atoms with Crippen molar-refractivity contribution in [3.05, 3.63) is 60.8 Å². The van der Waals surface area contributed by atoms with Crippen molar-refractivity contribution in [1.82, 2.24) is 9.29 Å². The molecule has 1 fully saturated rings. The summed E-state index contributed by atoms with van der Waals surface area (Å²) in [7, 11) is -3.63. The second-order valence-corrected chi connectivity index (χ2v) is 8.39. The van der Waals surface area contributed by atoms with E-state index in [1.165, 1.54) is 16.8 Å². The van der Waals surface area contributed by atoms with E-state index in [2.05, 4.69) is 5.32 Å². The third kappa shape index (κ3) is 3.22. The monoisotopic (exact) mass is 370 g/mol. The molecule has 1 aliphatic rings. The molecule has 26 heavy (non-hydrogen) atoms. The number of nitrogens with zero attached hydrogens (tertiary/aromatic N) is 1. The van der Waals surface area contributed by atoms with Crippen LogP contribution in [-0.4, -0.2) is 31.6 Å². The largest absolute Gasteiger partial charge is 0.491 e. The van der Waals surface area contributed by atoms with Gasteiger partial charge in [0.2, 0.25) is 0 Å². The van der Waals surface area contributed by atoms with Crippen molar-refractivity contribution in [2.75, 3.05) is 13.2 Å². The molecule has 1 atom stereocenters. The van der Waals surface area contributed by atoms with E-state index >= 15 is 0 Å². The number of rotatable bonds is 5. The van der Waals surface area contributed by atoms with Crippen molar-refractivity contribution < 1.29 is 13.2 Å². The Morgan fingerprint density at radius 3 is 2.65 bits per heavy atom. The van der Waals surface area contributed by atoms with Gasteiger partial charge in [0.25, 0.3) is 10.0 Å². The van der Waals surface area contributed by atoms with Crippen LogP contribution in [0.2, 0.25) is 0 Å². The number of hydrogen-bond donors (Lipinski definition) is 1. The van der Waals surface area contributed by atoms with Crippen LogP contribution in [-0.2, 0) is 10.0 Å². The molecule has 4 rings (SSSR count). The number of hydrogen-bond acceptors (Lipinski definition) is 4. The molecule has 1 aliphatic heterocycles. The van der Waals surface area contributed by atoms with Crippen LogP contribution < -0.4 is 10.1 Å². The lowest BCUT2D eigenvalue weighted by Crippen LogP contribution is -2.38. The predicted octanol–water partition coefficient (Wildman–Crippen LogP) is 3.40. The van der Waals surface area contributed by atoms with Gasteiger partial charge in [0.05, 0.1) is 10.4 Å². The molecule has 1 aromatic heterocycles. The number of fused-ring (bicyclic) bond motifs is 1. The fourth-order valence-corrected chi connectivity index (χ4v) is 4.78. The molecule has 1 N–H and O–H groups in total. The van der Waals surface area contributed by atoms with E-state index in [4.69, 9.17) is 4.74 Å². The SMILES string of the molecule is O=S(=O)(c1ccccc1)n1ccc2c(OCC3CCCCN3)cccc21. The Kier molecular flexibility index (Phi) is 4.70. The molecule has 1 unspecified atom stereocenters. The van der Waals surface area contributed by atoms with Crippen LogP contribution in [0.1, 0.15) is 19.3 Å². The lowest BCUT2D eigenvalue weighted by molar-refractivity contribution is 0.241. The molecule has 0 saturated carbocycles. The summed E-state index contributed by atoms with van der Waals surface area (Å²) < 4.78 is 33.2. The van der Waals surface area contributed by atoms with E-state index in [1.807, 2.05) is 18.2 Å². The van der Waals surface area contributed by atoms with Gasteiger partial charge in [-0.15, -0.1) is 0 Å². The minimum Gasteiger partial charge on any atom is -0.491 e. The zero-order valence-corrected chi connectivity index (χ0v) is 15.3. The molecule has 5 nitrogen and oxygen atoms in total. The van der Waals surface area contributed by atoms with E-state index in [1.54, 1.807) is 42.6 Å². The quantitative estimate of drug-likeness (QED) is 0.748. The highest BCUT2D eigenvalue weighted by Gasteiger charge is 2.20. The molecule has 2 heterocycles. The van der Waals surface area contributed by atoms with Gasteiger partial charge in [0.15, 0.2) is 0 Å². The van der Waals surface area contributed by atoms with Gasteiger partial charge in [-0.25, -0.2) is 12.4 Å². The van der Waals surface area contributed by atoms with E-state index < -0.39 is 10.0 Å². The zero-order chi connectivity index (χ0) is 18.0. The van der Waals surface area contributed by atoms with Crippen molar-refractivity contribution in [2.24, 2.45) is 0 Å². The molecule has 2 aromatic carbocycles. The van der Waals surface area contributed by atoms with E-state index in [-0.39, 0.29) is 4.90 Å². The summed E-state index contributed by atoms with van der Waals surface area (Å²) in [6, 6.07) is 16.2. The Bertz CT molecular complexity index is 990. The molecule has 1 saturated heterocycles. The van der Waals surface area contributed by atoms with Gasteiger partial charge in [-0.05, 0) is 49.7 Å². The van der Waals surface area contributed by atoms with Crippen LogP contribution in [0.25, 0.3) is 10.9 Å². The van der Waals surface area contributed by atoms with Crippen molar-refractivity contribution >= 4 is 20.9 Å². The molecule has 6 heteroatoms. The number of nitrogens with one attached hydrogen (secondary N) is 1. The Labute approximate surface area is 153 Å². The Balaban J connectivity index is 1.65. The van der Waals surface area contributed by atoms with Crippen LogP contribution in [0, 0.1) is 0 Å². The van der Waals surface area contributed by atoms with Crippen molar-refractivity contribution in [3.8, 4) is 5.75 Å². The number of piperidine rings is 1. The van der Waals surface area contributed by atoms with Crippen LogP contribution in [0.3, 0.4) is 0 Å². The summed E-state index contributed by atoms with van der Waals surface area (Å²) in [6.45, 7) is 1.62. The van der Waals surface area contributed by atoms with E-state index in [0.717, 1.165) is 24.1 Å². The summed E-state index contributed by atoms with van der Waals surface area (Å²) in [5.74, 6) is 0.719. The Hall–Kier alpha value is -2.31. The van der Waals surface area contributed by atoms with Gasteiger partial charge in [0, 0.05) is 17.6 Å². The average molecular weight is 370 g/mol. The van der Waals surface area contributed by atoms with Crippen LogP contribution in [0.15, 0.2) is 65.7 Å². The standard InChI is InChI=1S/C20H22N2O3S/c23-26(24,17-8-2-1-3-9-17)22-14-12-18-19(22)10-6-11-20(18)25-15-16-7-4-5-13-21-16/h1-3,6,8-12,14,16,21H,4-5,7,13,15H2. The summed E-state index contributed by atoms with van der Waals surface area (Å²) in [6.07, 6.45) is 5.14. The van der Waals surface area contributed by atoms with E-state index in [0.29, 0.717) is 18.2 Å². The van der Waals surface area contributed by atoms with Gasteiger partial charge >= 0.3 is 0 Å². The van der Waals surface area contributed by atoms with Crippen molar-refractivity contribution in [2.45, 2.75) is 30.2 Å². The highest BCUT2D eigenvalue weighted by atomic mass is 32.2. The number of benzene rings is 2. The van der Waals surface area contributed by atoms with Crippen LogP contribution in [0.4, 0.5) is 0 Å². The zero-order valence-electron chi connectivity index (χ0n) is 14.5. The second-order valence-electron chi connectivity index (χ2n) is 6.58. The van der Waals surface area contributed by atoms with Gasteiger partial charge in [-0.2, -0.15) is 0 Å². The van der Waals surface area contributed by atoms with Crippen molar-refractivity contribution in [3.63, 3.8) is 0 Å². The third-order valence-corrected chi connectivity index (χ3v) is 6.51. The minimum absolute atomic E-state index is 0.273. The lowest BCUT2D eigenvalue weighted by Gasteiger charge is -2.23. The highest BCUT2D eigenvalue weighted by Crippen LogP contribution is 2.29. The van der Waals surface area contributed by atoms with Crippen LogP contribution >= 0.6 is 0 Å². The minimum atomic E-state index is -3.63. The fourth-order valence-electron chi connectivity index (χ4n) is 3.41. The normalized spacial score (nSPS) is 18.1. The third-order valence-electron chi connectivity index (χ3n) is 4.81. The first-order chi connectivity index (χ1) is 12.7. The van der Waals surface area contributed by atoms with Gasteiger partial charge in [-0.3, -0.25) is 0 Å². The molecule has 3 aromatic rings. The molecule has 0 bridgehead atoms. The summed E-state index contributed by atoms with van der Waals surface area (Å²) in [5, 5.41) is 4.27. The first kappa shape index (κ1) is 17.1. The average Bonchev–Trinajstić information content (AvgIpc) is 3.13. The lowest BCUT2D eigenvalue weighted by atomic mass is 10.1. The second kappa shape index (κ2) is 7.13. The predicted molar refractivity (Wildman–Crippen MR) is 102 cm³/mol. The Morgan fingerprint density at radius 1 is 1.04 bits per heavy atom. The summed E-state index contributed by atoms with van der Waals surface area (Å²) >= 11 is 0. The first-order valence-corrected chi connectivity index (χ1v) is 10.4. The summed E-state index contributed by atoms with van der Waals surface area (Å²) in [4.78, 5) is 0.273. The van der Waals surface area contributed by atoms with Crippen molar-refractivity contribution in [1.29, 1.82) is 0 Å². The molecule has 0 radical (unpaired) electrons. The van der Waals surface area contributed by atoms with Gasteiger partial charge < -0.3 is 10.1 Å². The topological polar surface area (TPSA) is 60.3 Å². The van der Waals surface area contributed by atoms with E-state index in [9.17, 15) is 8.42 Å². The maximum atomic E-state index is 12.9. The smallest absolute Gasteiger partial charge is 0.268 e. The fraction of sp³-hybridized carbons (Fsp3) is 0.300. The molecular formula is C20H22N2O3S. The van der Waals surface area contributed by atoms with Crippen LogP contribution in [0.5, 0.6) is 5.75 Å². The summed E-state index contributed by atoms with van der Waals surface area (Å²) in [5.41, 5.74) is 0.628. The molecular weight excluding hydrogens is 348 g/mol. The maximum Gasteiger partial charge on any atom is 0.268 e. The molecule has 136 valence electrons. The number of ether oxygens (including phenoxy) is 1. The number of aromatic nitrogens is 1. The Morgan fingerprint density at radius 2 is 1.88 bits per heavy atom. The molecule has 0 aliphatic carbocycles. The molecule has 0 spiro atoms. The first-order valence-electron chi connectivity index (χ1n) is 8.93. The highest BCUT2D eigenvalue weighted by molar-refractivity contribution is 7.90. The molecule has 0 amide bonds.